The first-order chi connectivity index (χ1) is 14.0. The van der Waals surface area contributed by atoms with E-state index in [0.717, 1.165) is 16.5 Å². The minimum absolute atomic E-state index is 0.124. The van der Waals surface area contributed by atoms with E-state index < -0.39 is 0 Å². The number of thiazole rings is 2. The number of ether oxygens (including phenoxy) is 1. The van der Waals surface area contributed by atoms with Crippen molar-refractivity contribution in [3.05, 3.63) is 78.7 Å². The smallest absolute Gasteiger partial charge is 0.273 e. The number of halogens is 1. The summed E-state index contributed by atoms with van der Waals surface area (Å²) in [7, 11) is 0. The first-order valence-electron chi connectivity index (χ1n) is 8.56. The summed E-state index contributed by atoms with van der Waals surface area (Å²) in [6.07, 6.45) is 3.27. The van der Waals surface area contributed by atoms with Crippen LogP contribution in [0, 0.1) is 3.95 Å². The molecule has 0 amide bonds. The van der Waals surface area contributed by atoms with Crippen molar-refractivity contribution in [3.63, 3.8) is 0 Å². The van der Waals surface area contributed by atoms with E-state index in [4.69, 9.17) is 28.6 Å². The summed E-state index contributed by atoms with van der Waals surface area (Å²) in [5.74, 6) is 0.724. The molecule has 0 fully saturated rings. The second-order valence-electron chi connectivity index (χ2n) is 6.07. The van der Waals surface area contributed by atoms with Crippen LogP contribution in [0.1, 0.15) is 10.7 Å². The molecule has 4 aromatic rings. The van der Waals surface area contributed by atoms with E-state index in [2.05, 4.69) is 16.5 Å². The maximum absolute atomic E-state index is 12.8. The van der Waals surface area contributed by atoms with Crippen molar-refractivity contribution in [2.75, 3.05) is 0 Å². The van der Waals surface area contributed by atoms with Crippen molar-refractivity contribution in [2.24, 2.45) is 0 Å². The molecule has 0 N–H and O–H groups in total. The average molecular weight is 463 g/mol. The van der Waals surface area contributed by atoms with Crippen LogP contribution >= 0.6 is 46.5 Å². The quantitative estimate of drug-likeness (QED) is 0.288. The molecule has 3 aromatic heterocycles. The van der Waals surface area contributed by atoms with E-state index in [1.54, 1.807) is 22.8 Å². The van der Waals surface area contributed by atoms with Crippen LogP contribution < -0.4 is 10.3 Å². The van der Waals surface area contributed by atoms with Gasteiger partial charge in [-0.1, -0.05) is 29.0 Å². The summed E-state index contributed by atoms with van der Waals surface area (Å²) in [5.41, 5.74) is 1.25. The van der Waals surface area contributed by atoms with Crippen LogP contribution in [0.3, 0.4) is 0 Å². The van der Waals surface area contributed by atoms with E-state index in [9.17, 15) is 4.79 Å². The van der Waals surface area contributed by atoms with E-state index in [-0.39, 0.29) is 5.56 Å². The molecule has 3 heterocycles. The summed E-state index contributed by atoms with van der Waals surface area (Å²) >= 11 is 14.0. The van der Waals surface area contributed by atoms with E-state index >= 15 is 0 Å². The highest BCUT2D eigenvalue weighted by atomic mass is 35.5. The number of rotatable bonds is 7. The Morgan fingerprint density at radius 2 is 2.10 bits per heavy atom. The highest BCUT2D eigenvalue weighted by Gasteiger charge is 2.12. The molecule has 0 aliphatic carbocycles. The third-order valence-electron chi connectivity index (χ3n) is 4.06. The Hall–Kier alpha value is -2.33. The van der Waals surface area contributed by atoms with Gasteiger partial charge >= 0.3 is 0 Å². The van der Waals surface area contributed by atoms with Crippen LogP contribution in [-0.2, 0) is 19.7 Å². The zero-order valence-electron chi connectivity index (χ0n) is 15.1. The van der Waals surface area contributed by atoms with Crippen molar-refractivity contribution < 1.29 is 4.74 Å². The van der Waals surface area contributed by atoms with E-state index in [1.807, 2.05) is 22.1 Å². The molecule has 6 nitrogen and oxygen atoms in total. The van der Waals surface area contributed by atoms with Gasteiger partial charge in [-0.15, -0.1) is 17.9 Å². The molecule has 0 unspecified atom stereocenters. The third kappa shape index (κ3) is 4.32. The van der Waals surface area contributed by atoms with Crippen LogP contribution in [-0.4, -0.2) is 19.1 Å². The van der Waals surface area contributed by atoms with Gasteiger partial charge in [-0.2, -0.15) is 0 Å². The Bertz CT molecular complexity index is 1290. The lowest BCUT2D eigenvalue weighted by Crippen LogP contribution is -2.21. The first kappa shape index (κ1) is 20.0. The number of fused-ring (bicyclic) bond motifs is 1. The zero-order valence-corrected chi connectivity index (χ0v) is 18.3. The summed E-state index contributed by atoms with van der Waals surface area (Å²) in [6, 6.07) is 7.17. The SMILES string of the molecule is C=CCn1c(=S)sc2c(=O)n(Cc3csc(COc4ccc(Cl)cc4)n3)cnc21. The Balaban J connectivity index is 1.51. The zero-order chi connectivity index (χ0) is 20.4. The van der Waals surface area contributed by atoms with Crippen molar-refractivity contribution >= 4 is 56.8 Å². The molecule has 0 spiro atoms. The van der Waals surface area contributed by atoms with E-state index in [0.29, 0.717) is 39.0 Å². The maximum Gasteiger partial charge on any atom is 0.273 e. The number of nitrogens with zero attached hydrogens (tertiary/aromatic N) is 4. The van der Waals surface area contributed by atoms with Gasteiger partial charge in [0, 0.05) is 16.9 Å². The first-order valence-corrected chi connectivity index (χ1v) is 11.0. The molecule has 1 aromatic carbocycles. The largest absolute Gasteiger partial charge is 0.486 e. The van der Waals surface area contributed by atoms with Crippen LogP contribution in [0.4, 0.5) is 0 Å². The predicted octanol–water partition coefficient (Wildman–Crippen LogP) is 4.91. The van der Waals surface area contributed by atoms with Gasteiger partial charge in [0.05, 0.1) is 12.2 Å². The van der Waals surface area contributed by atoms with Gasteiger partial charge in [-0.05, 0) is 36.5 Å². The normalized spacial score (nSPS) is 11.1. The lowest BCUT2D eigenvalue weighted by molar-refractivity contribution is 0.305. The van der Waals surface area contributed by atoms with Crippen LogP contribution in [0.5, 0.6) is 5.75 Å². The van der Waals surface area contributed by atoms with Gasteiger partial charge < -0.3 is 9.30 Å². The summed E-state index contributed by atoms with van der Waals surface area (Å²) < 4.78 is 10.2. The van der Waals surface area contributed by atoms with Gasteiger partial charge in [-0.25, -0.2) is 9.97 Å². The third-order valence-corrected chi connectivity index (χ3v) is 6.61. The lowest BCUT2D eigenvalue weighted by Gasteiger charge is -2.04. The molecule has 0 aliphatic heterocycles. The Kier molecular flexibility index (Phi) is 5.91. The van der Waals surface area contributed by atoms with Crippen molar-refractivity contribution in [1.29, 1.82) is 0 Å². The van der Waals surface area contributed by atoms with Crippen LogP contribution in [0.2, 0.25) is 5.02 Å². The molecule has 0 aliphatic rings. The van der Waals surface area contributed by atoms with E-state index in [1.165, 1.54) is 29.0 Å². The molecule has 0 atom stereocenters. The molecule has 0 bridgehead atoms. The second kappa shape index (κ2) is 8.58. The van der Waals surface area contributed by atoms with Crippen molar-refractivity contribution in [2.45, 2.75) is 19.7 Å². The van der Waals surface area contributed by atoms with Gasteiger partial charge in [0.15, 0.2) is 9.60 Å². The average Bonchev–Trinajstić information content (AvgIpc) is 3.29. The molecular formula is C19H15ClN4O2S3. The molecule has 148 valence electrons. The highest BCUT2D eigenvalue weighted by Crippen LogP contribution is 2.20. The Morgan fingerprint density at radius 1 is 1.31 bits per heavy atom. The molecule has 10 heteroatoms. The highest BCUT2D eigenvalue weighted by molar-refractivity contribution is 7.73. The number of aromatic nitrogens is 4. The molecule has 0 saturated heterocycles. The maximum atomic E-state index is 12.8. The molecular weight excluding hydrogens is 448 g/mol. The summed E-state index contributed by atoms with van der Waals surface area (Å²) in [6.45, 7) is 4.94. The number of hydrogen-bond acceptors (Lipinski definition) is 7. The van der Waals surface area contributed by atoms with Crippen molar-refractivity contribution in [3.8, 4) is 5.75 Å². The fourth-order valence-corrected chi connectivity index (χ4v) is 4.85. The number of hydrogen-bond donors (Lipinski definition) is 0. The number of benzene rings is 1. The lowest BCUT2D eigenvalue weighted by atomic mass is 10.3. The molecule has 4 rings (SSSR count). The summed E-state index contributed by atoms with van der Waals surface area (Å²) in [5, 5.41) is 3.40. The number of allylic oxidation sites excluding steroid dienone is 1. The fourth-order valence-electron chi connectivity index (χ4n) is 2.71. The molecule has 29 heavy (non-hydrogen) atoms. The predicted molar refractivity (Wildman–Crippen MR) is 120 cm³/mol. The summed E-state index contributed by atoms with van der Waals surface area (Å²) in [4.78, 5) is 21.8. The Labute approximate surface area is 184 Å². The topological polar surface area (TPSA) is 61.9 Å². The minimum Gasteiger partial charge on any atom is -0.486 e. The second-order valence-corrected chi connectivity index (χ2v) is 9.10. The van der Waals surface area contributed by atoms with Gasteiger partial charge in [0.2, 0.25) is 0 Å². The van der Waals surface area contributed by atoms with Crippen LogP contribution in [0.25, 0.3) is 10.3 Å². The molecule has 0 radical (unpaired) electrons. The van der Waals surface area contributed by atoms with Gasteiger partial charge in [0.25, 0.3) is 5.56 Å². The minimum atomic E-state index is -0.124. The van der Waals surface area contributed by atoms with Gasteiger partial charge in [0.1, 0.15) is 28.4 Å². The Morgan fingerprint density at radius 3 is 2.86 bits per heavy atom. The monoisotopic (exact) mass is 462 g/mol. The fraction of sp³-hybridized carbons (Fsp3) is 0.158. The molecule has 0 saturated carbocycles. The van der Waals surface area contributed by atoms with Gasteiger partial charge in [-0.3, -0.25) is 9.36 Å². The van der Waals surface area contributed by atoms with Crippen LogP contribution in [0.15, 0.2) is 53.4 Å². The standard InChI is InChI=1S/C19H15ClN4O2S3/c1-2-7-24-17-16(29-19(24)27)18(25)23(11-21-17)8-13-10-28-15(22-13)9-26-14-5-3-12(20)4-6-14/h2-6,10-11H,1,7-9H2. The van der Waals surface area contributed by atoms with Crippen molar-refractivity contribution in [1.82, 2.24) is 19.1 Å².